The Kier molecular flexibility index (Phi) is 6.91. The monoisotopic (exact) mass is 506 g/mol. The summed E-state index contributed by atoms with van der Waals surface area (Å²) >= 11 is 0. The number of methoxy groups -OCH3 is 1. The van der Waals surface area contributed by atoms with Crippen molar-refractivity contribution in [2.75, 3.05) is 12.0 Å². The van der Waals surface area contributed by atoms with Gasteiger partial charge in [-0.2, -0.15) is 0 Å². The normalized spacial score (nSPS) is 14.6. The van der Waals surface area contributed by atoms with Crippen LogP contribution < -0.4 is 19.7 Å². The van der Waals surface area contributed by atoms with Crippen LogP contribution in [0.5, 0.6) is 11.5 Å². The minimum Gasteiger partial charge on any atom is -0.493 e. The highest BCUT2D eigenvalue weighted by molar-refractivity contribution is 6.39. The predicted molar refractivity (Wildman–Crippen MR) is 146 cm³/mol. The van der Waals surface area contributed by atoms with Crippen LogP contribution in [0.15, 0.2) is 90.5 Å². The van der Waals surface area contributed by atoms with E-state index in [4.69, 9.17) is 9.47 Å². The van der Waals surface area contributed by atoms with Crippen LogP contribution in [0.1, 0.15) is 23.6 Å². The summed E-state index contributed by atoms with van der Waals surface area (Å²) in [6, 6.07) is 25.7. The smallest absolute Gasteiger partial charge is 0.335 e. The number of carbonyl (C=O) groups excluding carboxylic acids is 3. The van der Waals surface area contributed by atoms with Crippen LogP contribution in [0.25, 0.3) is 16.8 Å². The zero-order valence-electron chi connectivity index (χ0n) is 21.1. The second-order valence-electron chi connectivity index (χ2n) is 8.78. The van der Waals surface area contributed by atoms with Gasteiger partial charge in [-0.1, -0.05) is 73.7 Å². The van der Waals surface area contributed by atoms with Gasteiger partial charge in [0.1, 0.15) is 12.2 Å². The molecule has 0 atom stereocenters. The number of imide groups is 2. The van der Waals surface area contributed by atoms with Crippen LogP contribution in [0.3, 0.4) is 0 Å². The number of amides is 4. The number of barbiturate groups is 1. The van der Waals surface area contributed by atoms with Crippen molar-refractivity contribution in [2.45, 2.75) is 20.0 Å². The van der Waals surface area contributed by atoms with Crippen LogP contribution >= 0.6 is 0 Å². The number of nitrogens with zero attached hydrogens (tertiary/aromatic N) is 1. The molecule has 0 spiro atoms. The summed E-state index contributed by atoms with van der Waals surface area (Å²) in [7, 11) is 1.53. The first-order valence-electron chi connectivity index (χ1n) is 12.3. The molecule has 7 nitrogen and oxygen atoms in total. The van der Waals surface area contributed by atoms with E-state index in [1.807, 2.05) is 43.3 Å². The van der Waals surface area contributed by atoms with Crippen molar-refractivity contribution in [3.63, 3.8) is 0 Å². The highest BCUT2D eigenvalue weighted by atomic mass is 16.5. The average molecular weight is 507 g/mol. The standard InChI is InChI=1S/C31H26N2O5/c1-3-21-9-5-7-14-26(21)33-30(35)25(29(34)32-31(33)36)17-20-15-16-27(28(18-20)37-2)38-19-23-12-8-11-22-10-4-6-13-24(22)23/h4-18H,3,19H2,1-2H3,(H,32,34,36)/b25-17-. The van der Waals surface area contributed by atoms with Crippen LogP contribution in [0.2, 0.25) is 0 Å². The fourth-order valence-corrected chi connectivity index (χ4v) is 4.54. The molecule has 0 aliphatic carbocycles. The molecule has 1 fully saturated rings. The van der Waals surface area contributed by atoms with Gasteiger partial charge in [0.05, 0.1) is 12.8 Å². The van der Waals surface area contributed by atoms with Crippen molar-refractivity contribution in [3.05, 3.63) is 107 Å². The zero-order chi connectivity index (χ0) is 26.6. The molecule has 1 aliphatic heterocycles. The molecule has 1 N–H and O–H groups in total. The Bertz CT molecular complexity index is 1590. The Morgan fingerprint density at radius 3 is 2.39 bits per heavy atom. The number of nitrogens with one attached hydrogen (secondary N) is 1. The summed E-state index contributed by atoms with van der Waals surface area (Å²) in [6.07, 6.45) is 2.07. The van der Waals surface area contributed by atoms with E-state index in [-0.39, 0.29) is 5.57 Å². The molecule has 0 saturated carbocycles. The third kappa shape index (κ3) is 4.74. The van der Waals surface area contributed by atoms with Gasteiger partial charge in [-0.05, 0) is 58.2 Å². The van der Waals surface area contributed by atoms with E-state index in [2.05, 4.69) is 23.5 Å². The highest BCUT2D eigenvalue weighted by Gasteiger charge is 2.37. The van der Waals surface area contributed by atoms with Crippen molar-refractivity contribution in [1.82, 2.24) is 5.32 Å². The molecule has 4 aromatic carbocycles. The molecule has 7 heteroatoms. The summed E-state index contributed by atoms with van der Waals surface area (Å²) in [5, 5.41) is 4.52. The van der Waals surface area contributed by atoms with Crippen LogP contribution in [0, 0.1) is 0 Å². The number of hydrogen-bond donors (Lipinski definition) is 1. The van der Waals surface area contributed by atoms with Crippen molar-refractivity contribution in [3.8, 4) is 11.5 Å². The number of hydrogen-bond acceptors (Lipinski definition) is 5. The highest BCUT2D eigenvalue weighted by Crippen LogP contribution is 2.32. The number of anilines is 1. The summed E-state index contributed by atoms with van der Waals surface area (Å²) in [4.78, 5) is 39.6. The number of para-hydroxylation sites is 1. The maximum Gasteiger partial charge on any atom is 0.335 e. The van der Waals surface area contributed by atoms with Gasteiger partial charge in [-0.15, -0.1) is 0 Å². The second kappa shape index (κ2) is 10.6. The number of rotatable bonds is 7. The van der Waals surface area contributed by atoms with Crippen molar-refractivity contribution in [1.29, 1.82) is 0 Å². The summed E-state index contributed by atoms with van der Waals surface area (Å²) in [5.74, 6) is -0.460. The van der Waals surface area contributed by atoms with Gasteiger partial charge in [-0.3, -0.25) is 14.9 Å². The van der Waals surface area contributed by atoms with E-state index in [0.717, 1.165) is 26.8 Å². The first-order valence-corrected chi connectivity index (χ1v) is 12.3. The number of urea groups is 1. The van der Waals surface area contributed by atoms with Gasteiger partial charge in [0.25, 0.3) is 11.8 Å². The topological polar surface area (TPSA) is 84.9 Å². The predicted octanol–water partition coefficient (Wildman–Crippen LogP) is 5.66. The molecule has 1 aliphatic rings. The lowest BCUT2D eigenvalue weighted by atomic mass is 10.0. The fourth-order valence-electron chi connectivity index (χ4n) is 4.54. The maximum atomic E-state index is 13.3. The number of ether oxygens (including phenoxy) is 2. The minimum atomic E-state index is -0.771. The average Bonchev–Trinajstić information content (AvgIpc) is 2.94. The van der Waals surface area contributed by atoms with Crippen LogP contribution in [0.4, 0.5) is 10.5 Å². The van der Waals surface area contributed by atoms with Crippen LogP contribution in [-0.2, 0) is 22.6 Å². The van der Waals surface area contributed by atoms with E-state index >= 15 is 0 Å². The summed E-state index contributed by atoms with van der Waals surface area (Å²) in [6.45, 7) is 2.27. The van der Waals surface area contributed by atoms with Gasteiger partial charge in [-0.25, -0.2) is 9.69 Å². The van der Waals surface area contributed by atoms with Gasteiger partial charge in [0.2, 0.25) is 0 Å². The third-order valence-electron chi connectivity index (χ3n) is 6.48. The molecule has 0 bridgehead atoms. The molecule has 0 unspecified atom stereocenters. The minimum absolute atomic E-state index is 0.151. The molecule has 4 aromatic rings. The van der Waals surface area contributed by atoms with Gasteiger partial charge < -0.3 is 9.47 Å². The zero-order valence-corrected chi connectivity index (χ0v) is 21.1. The van der Waals surface area contributed by atoms with Gasteiger partial charge in [0.15, 0.2) is 11.5 Å². The fraction of sp³-hybridized carbons (Fsp3) is 0.129. The Balaban J connectivity index is 1.42. The second-order valence-corrected chi connectivity index (χ2v) is 8.78. The quantitative estimate of drug-likeness (QED) is 0.258. The molecule has 0 aromatic heterocycles. The number of fused-ring (bicyclic) bond motifs is 1. The Morgan fingerprint density at radius 1 is 0.842 bits per heavy atom. The molecule has 0 radical (unpaired) electrons. The molecular formula is C31H26N2O5. The molecule has 1 saturated heterocycles. The molecule has 38 heavy (non-hydrogen) atoms. The molecule has 4 amide bonds. The Hall–Kier alpha value is -4.91. The Labute approximate surface area is 220 Å². The van der Waals surface area contributed by atoms with E-state index in [0.29, 0.717) is 35.8 Å². The lowest BCUT2D eigenvalue weighted by Crippen LogP contribution is -2.54. The van der Waals surface area contributed by atoms with Crippen LogP contribution in [-0.4, -0.2) is 25.0 Å². The summed E-state index contributed by atoms with van der Waals surface area (Å²) < 4.78 is 11.6. The van der Waals surface area contributed by atoms with Gasteiger partial charge >= 0.3 is 6.03 Å². The number of benzene rings is 4. The SMILES string of the molecule is CCc1ccccc1N1C(=O)NC(=O)/C(=C/c2ccc(OCc3cccc4ccccc34)c(OC)c2)C1=O. The van der Waals surface area contributed by atoms with Gasteiger partial charge in [0, 0.05) is 0 Å². The third-order valence-corrected chi connectivity index (χ3v) is 6.48. The molecule has 190 valence electrons. The van der Waals surface area contributed by atoms with E-state index in [1.165, 1.54) is 13.2 Å². The maximum absolute atomic E-state index is 13.3. The molecule has 5 rings (SSSR count). The summed E-state index contributed by atoms with van der Waals surface area (Å²) in [5.41, 5.74) is 2.71. The lowest BCUT2D eigenvalue weighted by molar-refractivity contribution is -0.122. The largest absolute Gasteiger partial charge is 0.493 e. The number of aryl methyl sites for hydroxylation is 1. The van der Waals surface area contributed by atoms with Crippen molar-refractivity contribution < 1.29 is 23.9 Å². The first-order chi connectivity index (χ1) is 18.5. The number of carbonyl (C=O) groups is 3. The van der Waals surface area contributed by atoms with Crippen molar-refractivity contribution >= 4 is 40.4 Å². The van der Waals surface area contributed by atoms with E-state index in [9.17, 15) is 14.4 Å². The van der Waals surface area contributed by atoms with E-state index < -0.39 is 17.8 Å². The lowest BCUT2D eigenvalue weighted by Gasteiger charge is -2.28. The molecule has 1 heterocycles. The Morgan fingerprint density at radius 2 is 1.58 bits per heavy atom. The van der Waals surface area contributed by atoms with E-state index in [1.54, 1.807) is 30.3 Å². The molecular weight excluding hydrogens is 480 g/mol. The first kappa shape index (κ1) is 24.8. The van der Waals surface area contributed by atoms with Crippen molar-refractivity contribution in [2.24, 2.45) is 0 Å².